The third-order valence-electron chi connectivity index (χ3n) is 3.29. The van der Waals surface area contributed by atoms with Gasteiger partial charge in [0, 0.05) is 0 Å². The average Bonchev–Trinajstić information content (AvgIpc) is 2.48. The number of para-hydroxylation sites is 1. The molecule has 21 heavy (non-hydrogen) atoms. The molecule has 1 rings (SSSR count). The number of esters is 1. The van der Waals surface area contributed by atoms with E-state index in [0.717, 1.165) is 13.1 Å². The van der Waals surface area contributed by atoms with Gasteiger partial charge in [0.25, 0.3) is 0 Å². The molecular formula is C15H24ClNO4. The van der Waals surface area contributed by atoms with Crippen molar-refractivity contribution in [2.24, 2.45) is 0 Å². The fraction of sp³-hybridized carbons (Fsp3) is 0.533. The van der Waals surface area contributed by atoms with Crippen LogP contribution in [-0.4, -0.2) is 44.2 Å². The minimum Gasteiger partial charge on any atom is -0.493 e. The fourth-order valence-electron chi connectivity index (χ4n) is 2.02. The van der Waals surface area contributed by atoms with Crippen molar-refractivity contribution in [3.8, 4) is 17.2 Å². The number of carbonyl (C=O) groups excluding carboxylic acids is 1. The van der Waals surface area contributed by atoms with Crippen LogP contribution in [0.1, 0.15) is 20.8 Å². The van der Waals surface area contributed by atoms with Crippen LogP contribution in [-0.2, 0) is 4.79 Å². The summed E-state index contributed by atoms with van der Waals surface area (Å²) < 4.78 is 15.9. The third kappa shape index (κ3) is 4.79. The zero-order chi connectivity index (χ0) is 15.1. The standard InChI is InChI=1S/C15H23NO4.ClH/c1-6-16(7-2)11(3)15(17)20-14-12(18-4)9-8-10-13(14)19-5;/h8-11H,6-7H2,1-5H3;1H/t11-;/m0./s1. The fourth-order valence-corrected chi connectivity index (χ4v) is 2.02. The van der Waals surface area contributed by atoms with Gasteiger partial charge in [0.15, 0.2) is 11.5 Å². The number of rotatable bonds is 7. The smallest absolute Gasteiger partial charge is 0.328 e. The highest BCUT2D eigenvalue weighted by atomic mass is 35.5. The van der Waals surface area contributed by atoms with Crippen LogP contribution >= 0.6 is 12.4 Å². The van der Waals surface area contributed by atoms with Crippen molar-refractivity contribution in [3.63, 3.8) is 0 Å². The molecule has 0 aliphatic rings. The predicted octanol–water partition coefficient (Wildman–Crippen LogP) is 2.76. The van der Waals surface area contributed by atoms with Gasteiger partial charge in [-0.15, -0.1) is 12.4 Å². The summed E-state index contributed by atoms with van der Waals surface area (Å²) in [5, 5.41) is 0. The second-order valence-corrected chi connectivity index (χ2v) is 4.31. The van der Waals surface area contributed by atoms with Crippen LogP contribution in [0.3, 0.4) is 0 Å². The molecule has 0 amide bonds. The van der Waals surface area contributed by atoms with E-state index in [4.69, 9.17) is 14.2 Å². The van der Waals surface area contributed by atoms with Gasteiger partial charge in [0.05, 0.1) is 14.2 Å². The van der Waals surface area contributed by atoms with Gasteiger partial charge in [0.1, 0.15) is 6.04 Å². The van der Waals surface area contributed by atoms with Crippen LogP contribution < -0.4 is 14.2 Å². The second-order valence-electron chi connectivity index (χ2n) is 4.31. The van der Waals surface area contributed by atoms with Crippen molar-refractivity contribution in [1.29, 1.82) is 0 Å². The van der Waals surface area contributed by atoms with E-state index in [2.05, 4.69) is 0 Å². The largest absolute Gasteiger partial charge is 0.493 e. The molecule has 0 unspecified atom stereocenters. The third-order valence-corrected chi connectivity index (χ3v) is 3.29. The minimum absolute atomic E-state index is 0. The van der Waals surface area contributed by atoms with Crippen LogP contribution in [0.15, 0.2) is 18.2 Å². The Balaban J connectivity index is 0.00000400. The predicted molar refractivity (Wildman–Crippen MR) is 84.8 cm³/mol. The van der Waals surface area contributed by atoms with Gasteiger partial charge in [-0.2, -0.15) is 0 Å². The van der Waals surface area contributed by atoms with Gasteiger partial charge < -0.3 is 14.2 Å². The highest BCUT2D eigenvalue weighted by Crippen LogP contribution is 2.37. The van der Waals surface area contributed by atoms with Gasteiger partial charge >= 0.3 is 5.97 Å². The highest BCUT2D eigenvalue weighted by Gasteiger charge is 2.23. The molecule has 0 spiro atoms. The first kappa shape index (κ1) is 19.5. The van der Waals surface area contributed by atoms with Crippen molar-refractivity contribution in [3.05, 3.63) is 18.2 Å². The van der Waals surface area contributed by atoms with E-state index < -0.39 is 0 Å². The molecule has 1 atom stereocenters. The number of halogens is 1. The molecule has 0 aliphatic carbocycles. The summed E-state index contributed by atoms with van der Waals surface area (Å²) in [5.41, 5.74) is 0. The van der Waals surface area contributed by atoms with E-state index in [9.17, 15) is 4.79 Å². The van der Waals surface area contributed by atoms with E-state index in [1.807, 2.05) is 25.7 Å². The van der Waals surface area contributed by atoms with Crippen molar-refractivity contribution >= 4 is 18.4 Å². The Morgan fingerprint density at radius 2 is 1.62 bits per heavy atom. The number of benzene rings is 1. The monoisotopic (exact) mass is 317 g/mol. The lowest BCUT2D eigenvalue weighted by Crippen LogP contribution is -2.41. The number of nitrogens with zero attached hydrogens (tertiary/aromatic N) is 1. The van der Waals surface area contributed by atoms with Crippen LogP contribution in [0.2, 0.25) is 0 Å². The Kier molecular flexibility index (Phi) is 8.81. The molecule has 5 nitrogen and oxygen atoms in total. The number of methoxy groups -OCH3 is 2. The molecule has 0 aliphatic heterocycles. The summed E-state index contributed by atoms with van der Waals surface area (Å²) in [7, 11) is 3.06. The summed E-state index contributed by atoms with van der Waals surface area (Å²) in [6, 6.07) is 4.92. The number of hydrogen-bond acceptors (Lipinski definition) is 5. The molecule has 1 aromatic rings. The normalized spacial score (nSPS) is 11.5. The zero-order valence-corrected chi connectivity index (χ0v) is 14.0. The Morgan fingerprint density at radius 3 is 2.00 bits per heavy atom. The maximum absolute atomic E-state index is 12.2. The summed E-state index contributed by atoms with van der Waals surface area (Å²) in [6.07, 6.45) is 0. The van der Waals surface area contributed by atoms with Crippen molar-refractivity contribution < 1.29 is 19.0 Å². The Hall–Kier alpha value is -1.46. The summed E-state index contributed by atoms with van der Waals surface area (Å²) in [4.78, 5) is 14.3. The molecule has 0 saturated carbocycles. The van der Waals surface area contributed by atoms with E-state index >= 15 is 0 Å². The Bertz CT molecular complexity index is 427. The highest BCUT2D eigenvalue weighted by molar-refractivity contribution is 5.85. The van der Waals surface area contributed by atoms with E-state index in [1.54, 1.807) is 18.2 Å². The quantitative estimate of drug-likeness (QED) is 0.571. The second kappa shape index (κ2) is 9.47. The lowest BCUT2D eigenvalue weighted by atomic mass is 10.2. The van der Waals surface area contributed by atoms with Crippen LogP contribution in [0.25, 0.3) is 0 Å². The zero-order valence-electron chi connectivity index (χ0n) is 13.2. The van der Waals surface area contributed by atoms with Crippen molar-refractivity contribution in [2.75, 3.05) is 27.3 Å². The van der Waals surface area contributed by atoms with Gasteiger partial charge in [-0.3, -0.25) is 4.90 Å². The van der Waals surface area contributed by atoms with Crippen LogP contribution in [0, 0.1) is 0 Å². The van der Waals surface area contributed by atoms with Gasteiger partial charge in [-0.25, -0.2) is 4.79 Å². The van der Waals surface area contributed by atoms with Gasteiger partial charge in [-0.1, -0.05) is 19.9 Å². The molecule has 0 bridgehead atoms. The molecule has 0 fully saturated rings. The molecular weight excluding hydrogens is 294 g/mol. The van der Waals surface area contributed by atoms with E-state index in [1.165, 1.54) is 14.2 Å². The van der Waals surface area contributed by atoms with Gasteiger partial charge in [-0.05, 0) is 32.1 Å². The maximum Gasteiger partial charge on any atom is 0.328 e. The lowest BCUT2D eigenvalue weighted by molar-refractivity contribution is -0.139. The van der Waals surface area contributed by atoms with E-state index in [-0.39, 0.29) is 24.4 Å². The minimum atomic E-state index is -0.323. The first-order valence-corrected chi connectivity index (χ1v) is 6.75. The topological polar surface area (TPSA) is 48.0 Å². The molecule has 120 valence electrons. The average molecular weight is 318 g/mol. The number of hydrogen-bond donors (Lipinski definition) is 0. The summed E-state index contributed by atoms with van der Waals surface area (Å²) >= 11 is 0. The number of carbonyl (C=O) groups is 1. The Labute approximate surface area is 132 Å². The maximum atomic E-state index is 12.2. The van der Waals surface area contributed by atoms with Crippen molar-refractivity contribution in [2.45, 2.75) is 26.8 Å². The number of likely N-dealkylation sites (N-methyl/N-ethyl adjacent to an activating group) is 1. The van der Waals surface area contributed by atoms with Gasteiger partial charge in [0.2, 0.25) is 5.75 Å². The molecule has 0 radical (unpaired) electrons. The molecule has 1 aromatic carbocycles. The van der Waals surface area contributed by atoms with Crippen LogP contribution in [0.5, 0.6) is 17.2 Å². The molecule has 0 saturated heterocycles. The number of ether oxygens (including phenoxy) is 3. The van der Waals surface area contributed by atoms with Crippen molar-refractivity contribution in [1.82, 2.24) is 4.90 Å². The molecule has 0 aromatic heterocycles. The molecule has 6 heteroatoms. The summed E-state index contributed by atoms with van der Waals surface area (Å²) in [6.45, 7) is 7.43. The SMILES string of the molecule is CCN(CC)[C@@H](C)C(=O)Oc1c(OC)cccc1OC.Cl. The van der Waals surface area contributed by atoms with Crippen LogP contribution in [0.4, 0.5) is 0 Å². The van der Waals surface area contributed by atoms with E-state index in [0.29, 0.717) is 17.2 Å². The molecule has 0 N–H and O–H groups in total. The Morgan fingerprint density at radius 1 is 1.14 bits per heavy atom. The summed E-state index contributed by atoms with van der Waals surface area (Å²) in [5.74, 6) is 0.951. The lowest BCUT2D eigenvalue weighted by Gasteiger charge is -2.25. The molecule has 0 heterocycles. The first-order valence-electron chi connectivity index (χ1n) is 6.75. The first-order chi connectivity index (χ1) is 9.58.